The fourth-order valence-electron chi connectivity index (χ4n) is 3.45. The molecule has 1 N–H and O–H groups in total. The summed E-state index contributed by atoms with van der Waals surface area (Å²) in [5.74, 6) is 1.54. The molecule has 1 saturated carbocycles. The van der Waals surface area contributed by atoms with Gasteiger partial charge in [-0.05, 0) is 42.7 Å². The Morgan fingerprint density at radius 2 is 1.95 bits per heavy atom. The SMILES string of the molecule is OC(CSC1CCCCC1)CC1Cc2ccccc21. The molecule has 0 aromatic heterocycles. The Bertz CT molecular complexity index is 411. The Labute approximate surface area is 120 Å². The molecule has 1 aromatic rings. The van der Waals surface area contributed by atoms with Crippen LogP contribution in [0.15, 0.2) is 24.3 Å². The molecule has 0 saturated heterocycles. The molecule has 0 spiro atoms. The number of hydrogen-bond donors (Lipinski definition) is 1. The molecule has 19 heavy (non-hydrogen) atoms. The highest BCUT2D eigenvalue weighted by Gasteiger charge is 2.27. The maximum atomic E-state index is 10.2. The average molecular weight is 276 g/mol. The van der Waals surface area contributed by atoms with Crippen LogP contribution in [0.3, 0.4) is 0 Å². The number of fused-ring (bicyclic) bond motifs is 1. The minimum atomic E-state index is -0.120. The van der Waals surface area contributed by atoms with Crippen molar-refractivity contribution in [2.24, 2.45) is 0 Å². The third-order valence-electron chi connectivity index (χ3n) is 4.59. The molecule has 1 fully saturated rings. The number of benzene rings is 1. The van der Waals surface area contributed by atoms with Crippen molar-refractivity contribution in [2.75, 3.05) is 5.75 Å². The second-order valence-corrected chi connectivity index (χ2v) is 7.42. The number of hydrogen-bond acceptors (Lipinski definition) is 2. The zero-order valence-electron chi connectivity index (χ0n) is 11.6. The van der Waals surface area contributed by atoms with Gasteiger partial charge in [-0.1, -0.05) is 43.5 Å². The molecule has 3 rings (SSSR count). The quantitative estimate of drug-likeness (QED) is 0.872. The van der Waals surface area contributed by atoms with Gasteiger partial charge in [-0.2, -0.15) is 11.8 Å². The smallest absolute Gasteiger partial charge is 0.0636 e. The van der Waals surface area contributed by atoms with Crippen LogP contribution < -0.4 is 0 Å². The van der Waals surface area contributed by atoms with E-state index in [9.17, 15) is 5.11 Å². The van der Waals surface area contributed by atoms with Crippen LogP contribution >= 0.6 is 11.8 Å². The monoisotopic (exact) mass is 276 g/mol. The van der Waals surface area contributed by atoms with Gasteiger partial charge in [0.1, 0.15) is 0 Å². The predicted molar refractivity (Wildman–Crippen MR) is 82.8 cm³/mol. The summed E-state index contributed by atoms with van der Waals surface area (Å²) in [7, 11) is 0. The second-order valence-electron chi connectivity index (χ2n) is 6.08. The second kappa shape index (κ2) is 6.32. The molecule has 0 aliphatic heterocycles. The lowest BCUT2D eigenvalue weighted by Gasteiger charge is -2.32. The van der Waals surface area contributed by atoms with Crippen LogP contribution in [0.5, 0.6) is 0 Å². The van der Waals surface area contributed by atoms with E-state index in [-0.39, 0.29) is 6.10 Å². The number of aliphatic hydroxyl groups excluding tert-OH is 1. The first-order valence-electron chi connectivity index (χ1n) is 7.70. The van der Waals surface area contributed by atoms with E-state index < -0.39 is 0 Å². The maximum Gasteiger partial charge on any atom is 0.0636 e. The van der Waals surface area contributed by atoms with Crippen molar-refractivity contribution in [1.82, 2.24) is 0 Å². The van der Waals surface area contributed by atoms with Gasteiger partial charge in [0.15, 0.2) is 0 Å². The number of thioether (sulfide) groups is 1. The molecule has 0 amide bonds. The van der Waals surface area contributed by atoms with Crippen molar-refractivity contribution in [3.63, 3.8) is 0 Å². The summed E-state index contributed by atoms with van der Waals surface area (Å²) >= 11 is 2.01. The summed E-state index contributed by atoms with van der Waals surface area (Å²) < 4.78 is 0. The summed E-state index contributed by atoms with van der Waals surface area (Å²) in [5, 5.41) is 11.0. The summed E-state index contributed by atoms with van der Waals surface area (Å²) in [6.45, 7) is 0. The fourth-order valence-corrected chi connectivity index (χ4v) is 4.75. The number of aliphatic hydroxyl groups is 1. The topological polar surface area (TPSA) is 20.2 Å². The van der Waals surface area contributed by atoms with Gasteiger partial charge in [-0.3, -0.25) is 0 Å². The summed E-state index contributed by atoms with van der Waals surface area (Å²) in [6, 6.07) is 8.68. The van der Waals surface area contributed by atoms with Gasteiger partial charge in [0.2, 0.25) is 0 Å². The van der Waals surface area contributed by atoms with E-state index in [1.165, 1.54) is 49.7 Å². The highest BCUT2D eigenvalue weighted by molar-refractivity contribution is 7.99. The zero-order valence-corrected chi connectivity index (χ0v) is 12.4. The van der Waals surface area contributed by atoms with Crippen LogP contribution in [0.1, 0.15) is 55.6 Å². The molecule has 0 heterocycles. The first kappa shape index (κ1) is 13.5. The van der Waals surface area contributed by atoms with Crippen LogP contribution in [0.4, 0.5) is 0 Å². The van der Waals surface area contributed by atoms with Crippen molar-refractivity contribution < 1.29 is 5.11 Å². The highest BCUT2D eigenvalue weighted by atomic mass is 32.2. The summed E-state index contributed by atoms with van der Waals surface area (Å²) in [5.41, 5.74) is 2.96. The molecule has 2 aliphatic rings. The van der Waals surface area contributed by atoms with E-state index in [0.717, 1.165) is 17.4 Å². The van der Waals surface area contributed by atoms with Crippen molar-refractivity contribution in [2.45, 2.75) is 62.2 Å². The Morgan fingerprint density at radius 1 is 1.16 bits per heavy atom. The fraction of sp³-hybridized carbons (Fsp3) is 0.647. The average Bonchev–Trinajstić information content (AvgIpc) is 2.44. The Hall–Kier alpha value is -0.470. The van der Waals surface area contributed by atoms with Gasteiger partial charge in [0.25, 0.3) is 0 Å². The van der Waals surface area contributed by atoms with Crippen molar-refractivity contribution >= 4 is 11.8 Å². The molecule has 2 heteroatoms. The van der Waals surface area contributed by atoms with Crippen LogP contribution in [0.2, 0.25) is 0 Å². The van der Waals surface area contributed by atoms with Crippen LogP contribution in [0, 0.1) is 0 Å². The van der Waals surface area contributed by atoms with Crippen molar-refractivity contribution in [1.29, 1.82) is 0 Å². The van der Waals surface area contributed by atoms with Gasteiger partial charge in [-0.25, -0.2) is 0 Å². The van der Waals surface area contributed by atoms with E-state index in [1.807, 2.05) is 11.8 Å². The van der Waals surface area contributed by atoms with E-state index in [2.05, 4.69) is 24.3 Å². The lowest BCUT2D eigenvalue weighted by Crippen LogP contribution is -2.24. The first-order chi connectivity index (χ1) is 9.33. The van der Waals surface area contributed by atoms with Gasteiger partial charge >= 0.3 is 0 Å². The summed E-state index contributed by atoms with van der Waals surface area (Å²) in [6.07, 6.45) is 8.93. The van der Waals surface area contributed by atoms with Gasteiger partial charge in [0.05, 0.1) is 6.10 Å². The molecule has 2 unspecified atom stereocenters. The molecule has 1 nitrogen and oxygen atoms in total. The molecule has 0 bridgehead atoms. The van der Waals surface area contributed by atoms with Gasteiger partial charge in [0, 0.05) is 11.0 Å². The molecule has 2 atom stereocenters. The minimum Gasteiger partial charge on any atom is -0.392 e. The lowest BCUT2D eigenvalue weighted by molar-refractivity contribution is 0.174. The Morgan fingerprint density at radius 3 is 2.74 bits per heavy atom. The minimum absolute atomic E-state index is 0.120. The molecular formula is C17H24OS. The molecule has 104 valence electrons. The highest BCUT2D eigenvalue weighted by Crippen LogP contribution is 2.38. The van der Waals surface area contributed by atoms with Crippen LogP contribution in [-0.4, -0.2) is 22.2 Å². The Kier molecular flexibility index (Phi) is 4.49. The first-order valence-corrected chi connectivity index (χ1v) is 8.75. The van der Waals surface area contributed by atoms with Crippen molar-refractivity contribution in [3.05, 3.63) is 35.4 Å². The lowest BCUT2D eigenvalue weighted by atomic mass is 9.75. The third-order valence-corrected chi connectivity index (χ3v) is 6.11. The summed E-state index contributed by atoms with van der Waals surface area (Å²) in [4.78, 5) is 0. The Balaban J connectivity index is 1.41. The molecule has 2 aliphatic carbocycles. The molecule has 1 aromatic carbocycles. The normalized spacial score (nSPS) is 24.6. The largest absolute Gasteiger partial charge is 0.392 e. The third kappa shape index (κ3) is 3.35. The van der Waals surface area contributed by atoms with Crippen LogP contribution in [0.25, 0.3) is 0 Å². The van der Waals surface area contributed by atoms with Gasteiger partial charge < -0.3 is 5.11 Å². The number of rotatable bonds is 5. The molecule has 0 radical (unpaired) electrons. The zero-order chi connectivity index (χ0) is 13.1. The van der Waals surface area contributed by atoms with E-state index in [4.69, 9.17) is 0 Å². The van der Waals surface area contributed by atoms with E-state index >= 15 is 0 Å². The predicted octanol–water partition coefficient (Wildman–Crippen LogP) is 4.14. The molecular weight excluding hydrogens is 252 g/mol. The van der Waals surface area contributed by atoms with Gasteiger partial charge in [-0.15, -0.1) is 0 Å². The van der Waals surface area contributed by atoms with E-state index in [1.54, 1.807) is 0 Å². The van der Waals surface area contributed by atoms with E-state index in [0.29, 0.717) is 5.92 Å². The van der Waals surface area contributed by atoms with Crippen molar-refractivity contribution in [3.8, 4) is 0 Å². The van der Waals surface area contributed by atoms with Crippen LogP contribution in [-0.2, 0) is 6.42 Å². The standard InChI is InChI=1S/C17H24OS/c18-15(12-19-16-7-2-1-3-8-16)11-14-10-13-6-4-5-9-17(13)14/h4-6,9,14-16,18H,1-3,7-8,10-12H2. The maximum absolute atomic E-state index is 10.2.